The van der Waals surface area contributed by atoms with E-state index in [1.165, 1.54) is 43.9 Å². The van der Waals surface area contributed by atoms with Gasteiger partial charge in [-0.05, 0) is 37.3 Å². The number of aromatic nitrogens is 1. The first kappa shape index (κ1) is 12.9. The summed E-state index contributed by atoms with van der Waals surface area (Å²) in [5.41, 5.74) is 2.26. The molecule has 0 saturated heterocycles. The van der Waals surface area contributed by atoms with Crippen LogP contribution in [0.15, 0.2) is 30.5 Å². The van der Waals surface area contributed by atoms with Crippen LogP contribution < -0.4 is 0 Å². The summed E-state index contributed by atoms with van der Waals surface area (Å²) in [6, 6.07) is 9.28. The summed E-state index contributed by atoms with van der Waals surface area (Å²) < 4.78 is 0. The van der Waals surface area contributed by atoms with Crippen LogP contribution in [0.2, 0.25) is 0 Å². The number of hydrogen-bond donors (Lipinski definition) is 1. The number of aromatic amines is 1. The number of amides is 1. The van der Waals surface area contributed by atoms with Gasteiger partial charge in [-0.15, -0.1) is 0 Å². The van der Waals surface area contributed by atoms with E-state index in [1.54, 1.807) is 0 Å². The topological polar surface area (TPSA) is 36.1 Å². The molecule has 0 radical (unpaired) electrons. The van der Waals surface area contributed by atoms with Crippen LogP contribution in [0.5, 0.6) is 0 Å². The fraction of sp³-hybridized carbons (Fsp3) is 0.500. The van der Waals surface area contributed by atoms with Crippen molar-refractivity contribution in [2.45, 2.75) is 57.0 Å². The van der Waals surface area contributed by atoms with Gasteiger partial charge in [0.05, 0.1) is 6.42 Å². The van der Waals surface area contributed by atoms with Crippen molar-refractivity contribution >= 4 is 16.8 Å². The molecule has 1 aromatic carbocycles. The number of carbonyl (C=O) groups excluding carboxylic acids is 1. The van der Waals surface area contributed by atoms with Crippen molar-refractivity contribution in [3.8, 4) is 0 Å². The van der Waals surface area contributed by atoms with Crippen LogP contribution in [-0.4, -0.2) is 27.9 Å². The minimum atomic E-state index is 0.328. The molecule has 110 valence electrons. The van der Waals surface area contributed by atoms with E-state index in [0.29, 0.717) is 24.4 Å². The number of nitrogens with one attached hydrogen (secondary N) is 1. The number of nitrogens with zero attached hydrogens (tertiary/aromatic N) is 1. The predicted octanol–water partition coefficient (Wildman–Crippen LogP) is 3.64. The van der Waals surface area contributed by atoms with E-state index in [4.69, 9.17) is 0 Å². The van der Waals surface area contributed by atoms with Crippen molar-refractivity contribution in [1.29, 1.82) is 0 Å². The molecule has 3 nitrogen and oxygen atoms in total. The third-order valence-electron chi connectivity index (χ3n) is 4.96. The highest BCUT2D eigenvalue weighted by atomic mass is 16.2. The quantitative estimate of drug-likeness (QED) is 0.913. The molecule has 2 aliphatic rings. The van der Waals surface area contributed by atoms with E-state index in [0.717, 1.165) is 11.1 Å². The van der Waals surface area contributed by atoms with Gasteiger partial charge in [0, 0.05) is 29.2 Å². The summed E-state index contributed by atoms with van der Waals surface area (Å²) in [6.07, 6.45) is 9.93. The molecule has 2 saturated carbocycles. The minimum absolute atomic E-state index is 0.328. The maximum Gasteiger partial charge on any atom is 0.227 e. The fourth-order valence-corrected chi connectivity index (χ4v) is 3.77. The van der Waals surface area contributed by atoms with Crippen LogP contribution >= 0.6 is 0 Å². The summed E-state index contributed by atoms with van der Waals surface area (Å²) in [5.74, 6) is 0.328. The lowest BCUT2D eigenvalue weighted by Gasteiger charge is -2.29. The predicted molar refractivity (Wildman–Crippen MR) is 84.1 cm³/mol. The molecule has 4 rings (SSSR count). The second-order valence-corrected chi connectivity index (χ2v) is 6.51. The van der Waals surface area contributed by atoms with Gasteiger partial charge in [-0.1, -0.05) is 31.0 Å². The number of rotatable bonds is 4. The lowest BCUT2D eigenvalue weighted by Crippen LogP contribution is -2.41. The van der Waals surface area contributed by atoms with Crippen molar-refractivity contribution in [3.05, 3.63) is 36.0 Å². The van der Waals surface area contributed by atoms with Crippen LogP contribution in [0.1, 0.15) is 44.1 Å². The Morgan fingerprint density at radius 1 is 1.10 bits per heavy atom. The molecule has 3 heteroatoms. The number of carbonyl (C=O) groups is 1. The van der Waals surface area contributed by atoms with Crippen LogP contribution in [0.3, 0.4) is 0 Å². The van der Waals surface area contributed by atoms with Crippen LogP contribution in [0.4, 0.5) is 0 Å². The number of para-hydroxylation sites is 1. The van der Waals surface area contributed by atoms with Crippen molar-refractivity contribution in [3.63, 3.8) is 0 Å². The third-order valence-corrected chi connectivity index (χ3v) is 4.96. The monoisotopic (exact) mass is 282 g/mol. The molecule has 0 spiro atoms. The Morgan fingerprint density at radius 2 is 1.81 bits per heavy atom. The first-order valence-corrected chi connectivity index (χ1v) is 8.19. The number of benzene rings is 1. The Kier molecular flexibility index (Phi) is 3.21. The van der Waals surface area contributed by atoms with E-state index in [9.17, 15) is 4.79 Å². The molecular formula is C18H22N2O. The van der Waals surface area contributed by atoms with Gasteiger partial charge in [-0.25, -0.2) is 0 Å². The summed E-state index contributed by atoms with van der Waals surface area (Å²) in [7, 11) is 0. The molecule has 1 heterocycles. The van der Waals surface area contributed by atoms with Gasteiger partial charge in [-0.3, -0.25) is 4.79 Å². The zero-order chi connectivity index (χ0) is 14.2. The molecule has 2 fully saturated rings. The van der Waals surface area contributed by atoms with Crippen LogP contribution in [-0.2, 0) is 11.2 Å². The summed E-state index contributed by atoms with van der Waals surface area (Å²) in [4.78, 5) is 18.3. The third kappa shape index (κ3) is 2.45. The Bertz CT molecular complexity index is 650. The van der Waals surface area contributed by atoms with Gasteiger partial charge in [0.15, 0.2) is 0 Å². The first-order valence-electron chi connectivity index (χ1n) is 8.19. The Balaban J connectivity index is 1.56. The average Bonchev–Trinajstić information content (AvgIpc) is 3.02. The van der Waals surface area contributed by atoms with E-state index >= 15 is 0 Å². The van der Waals surface area contributed by atoms with Gasteiger partial charge < -0.3 is 9.88 Å². The lowest BCUT2D eigenvalue weighted by molar-refractivity contribution is -0.133. The molecule has 1 amide bonds. The van der Waals surface area contributed by atoms with Crippen molar-refractivity contribution in [2.24, 2.45) is 0 Å². The molecule has 2 aromatic rings. The minimum Gasteiger partial charge on any atom is -0.361 e. The van der Waals surface area contributed by atoms with Gasteiger partial charge in [-0.2, -0.15) is 0 Å². The highest BCUT2D eigenvalue weighted by molar-refractivity contribution is 5.89. The second-order valence-electron chi connectivity index (χ2n) is 6.51. The Morgan fingerprint density at radius 3 is 2.57 bits per heavy atom. The summed E-state index contributed by atoms with van der Waals surface area (Å²) >= 11 is 0. The van der Waals surface area contributed by atoms with E-state index in [2.05, 4.69) is 22.0 Å². The molecular weight excluding hydrogens is 260 g/mol. The summed E-state index contributed by atoms with van der Waals surface area (Å²) in [5, 5.41) is 1.19. The Labute approximate surface area is 125 Å². The van der Waals surface area contributed by atoms with Crippen LogP contribution in [0, 0.1) is 0 Å². The maximum absolute atomic E-state index is 12.8. The van der Waals surface area contributed by atoms with Gasteiger partial charge in [0.2, 0.25) is 5.91 Å². The maximum atomic E-state index is 12.8. The van der Waals surface area contributed by atoms with E-state index in [-0.39, 0.29) is 0 Å². The van der Waals surface area contributed by atoms with Crippen molar-refractivity contribution in [1.82, 2.24) is 9.88 Å². The van der Waals surface area contributed by atoms with Gasteiger partial charge >= 0.3 is 0 Å². The van der Waals surface area contributed by atoms with E-state index in [1.807, 2.05) is 18.3 Å². The van der Waals surface area contributed by atoms with Crippen molar-refractivity contribution < 1.29 is 4.79 Å². The zero-order valence-corrected chi connectivity index (χ0v) is 12.3. The van der Waals surface area contributed by atoms with Crippen molar-refractivity contribution in [2.75, 3.05) is 0 Å². The molecule has 2 aliphatic carbocycles. The van der Waals surface area contributed by atoms with Gasteiger partial charge in [0.25, 0.3) is 0 Å². The molecule has 0 bridgehead atoms. The van der Waals surface area contributed by atoms with Crippen LogP contribution in [0.25, 0.3) is 10.9 Å². The highest BCUT2D eigenvalue weighted by Crippen LogP contribution is 2.35. The van der Waals surface area contributed by atoms with E-state index < -0.39 is 0 Å². The summed E-state index contributed by atoms with van der Waals surface area (Å²) in [6.45, 7) is 0. The Hall–Kier alpha value is -1.77. The first-order chi connectivity index (χ1) is 10.3. The van der Waals surface area contributed by atoms with Gasteiger partial charge in [0.1, 0.15) is 0 Å². The zero-order valence-electron chi connectivity index (χ0n) is 12.3. The highest BCUT2D eigenvalue weighted by Gasteiger charge is 2.38. The fourth-order valence-electron chi connectivity index (χ4n) is 3.77. The normalized spacial score (nSPS) is 19.2. The molecule has 0 atom stereocenters. The molecule has 1 aromatic heterocycles. The molecule has 21 heavy (non-hydrogen) atoms. The number of H-pyrrole nitrogens is 1. The molecule has 1 N–H and O–H groups in total. The smallest absolute Gasteiger partial charge is 0.227 e. The molecule has 0 unspecified atom stereocenters. The SMILES string of the molecule is O=C(Cc1c[nH]c2ccccc12)N(C1CCCC1)C1CC1. The standard InChI is InChI=1S/C18H22N2O/c21-18(20(15-9-10-15)14-5-1-2-6-14)11-13-12-19-17-8-4-3-7-16(13)17/h3-4,7-8,12,14-15,19H,1-2,5-6,9-11H2. The molecule has 0 aliphatic heterocycles. The lowest BCUT2D eigenvalue weighted by atomic mass is 10.1. The number of fused-ring (bicyclic) bond motifs is 1. The average molecular weight is 282 g/mol. The largest absolute Gasteiger partial charge is 0.361 e. The number of hydrogen-bond acceptors (Lipinski definition) is 1. The second kappa shape index (κ2) is 5.21.